The summed E-state index contributed by atoms with van der Waals surface area (Å²) in [6, 6.07) is 4.94. The van der Waals surface area contributed by atoms with Crippen molar-refractivity contribution in [2.45, 2.75) is 11.8 Å². The molecule has 12 heavy (non-hydrogen) atoms. The van der Waals surface area contributed by atoms with Gasteiger partial charge in [0.15, 0.2) is 0 Å². The smallest absolute Gasteiger partial charge is 0.137 e. The molecule has 0 aromatic heterocycles. The van der Waals surface area contributed by atoms with Gasteiger partial charge in [-0.25, -0.2) is 4.39 Å². The standard InChI is InChI=1S/C8H9BrFNS/c1-2-11-12-6-3-4-8(10)7(9)5-6/h3-5,11H,2H2,1H3. The molecule has 1 N–H and O–H groups in total. The quantitative estimate of drug-likeness (QED) is 0.827. The van der Waals surface area contributed by atoms with E-state index in [0.29, 0.717) is 4.47 Å². The van der Waals surface area contributed by atoms with Gasteiger partial charge in [-0.3, -0.25) is 4.72 Å². The molecule has 4 heteroatoms. The van der Waals surface area contributed by atoms with Crippen molar-refractivity contribution in [3.63, 3.8) is 0 Å². The van der Waals surface area contributed by atoms with Crippen molar-refractivity contribution in [3.8, 4) is 0 Å². The van der Waals surface area contributed by atoms with Crippen molar-refractivity contribution in [2.24, 2.45) is 0 Å². The van der Waals surface area contributed by atoms with Crippen LogP contribution in [-0.2, 0) is 0 Å². The molecular weight excluding hydrogens is 241 g/mol. The predicted octanol–water partition coefficient (Wildman–Crippen LogP) is 3.20. The summed E-state index contributed by atoms with van der Waals surface area (Å²) in [6.07, 6.45) is 0. The normalized spacial score (nSPS) is 10.2. The molecule has 0 amide bonds. The van der Waals surface area contributed by atoms with Gasteiger partial charge in [0.25, 0.3) is 0 Å². The van der Waals surface area contributed by atoms with Gasteiger partial charge in [-0.15, -0.1) is 0 Å². The van der Waals surface area contributed by atoms with E-state index < -0.39 is 0 Å². The van der Waals surface area contributed by atoms with E-state index in [9.17, 15) is 4.39 Å². The van der Waals surface area contributed by atoms with Gasteiger partial charge in [0.2, 0.25) is 0 Å². The van der Waals surface area contributed by atoms with Gasteiger partial charge in [0.1, 0.15) is 5.82 Å². The lowest BCUT2D eigenvalue weighted by atomic mass is 10.3. The molecule has 0 aliphatic rings. The lowest BCUT2D eigenvalue weighted by molar-refractivity contribution is 0.619. The monoisotopic (exact) mass is 249 g/mol. The Balaban J connectivity index is 2.69. The van der Waals surface area contributed by atoms with E-state index in [-0.39, 0.29) is 5.82 Å². The van der Waals surface area contributed by atoms with Crippen molar-refractivity contribution in [3.05, 3.63) is 28.5 Å². The van der Waals surface area contributed by atoms with Crippen LogP contribution in [0.4, 0.5) is 4.39 Å². The molecule has 0 bridgehead atoms. The Hall–Kier alpha value is -0.0600. The molecule has 1 nitrogen and oxygen atoms in total. The van der Waals surface area contributed by atoms with Gasteiger partial charge in [-0.2, -0.15) is 0 Å². The third kappa shape index (κ3) is 2.77. The minimum atomic E-state index is -0.226. The van der Waals surface area contributed by atoms with Gasteiger partial charge in [0.05, 0.1) is 4.47 Å². The average Bonchev–Trinajstić information content (AvgIpc) is 2.07. The summed E-state index contributed by atoms with van der Waals surface area (Å²) in [5, 5.41) is 0. The first-order chi connectivity index (χ1) is 5.74. The second kappa shape index (κ2) is 4.84. The number of halogens is 2. The van der Waals surface area contributed by atoms with Crippen LogP contribution in [0.15, 0.2) is 27.6 Å². The zero-order valence-electron chi connectivity index (χ0n) is 6.60. The molecule has 0 saturated carbocycles. The minimum absolute atomic E-state index is 0.226. The van der Waals surface area contributed by atoms with Crippen molar-refractivity contribution >= 4 is 27.9 Å². The summed E-state index contributed by atoms with van der Waals surface area (Å²) in [6.45, 7) is 2.91. The van der Waals surface area contributed by atoms with Gasteiger partial charge in [0, 0.05) is 11.4 Å². The van der Waals surface area contributed by atoms with E-state index in [0.717, 1.165) is 11.4 Å². The largest absolute Gasteiger partial charge is 0.260 e. The first-order valence-electron chi connectivity index (χ1n) is 3.58. The second-order valence-electron chi connectivity index (χ2n) is 2.18. The predicted molar refractivity (Wildman–Crippen MR) is 53.6 cm³/mol. The summed E-state index contributed by atoms with van der Waals surface area (Å²) in [7, 11) is 0. The van der Waals surface area contributed by atoms with Crippen molar-refractivity contribution in [1.29, 1.82) is 0 Å². The minimum Gasteiger partial charge on any atom is -0.260 e. The zero-order valence-corrected chi connectivity index (χ0v) is 9.01. The molecule has 0 fully saturated rings. The molecular formula is C8H9BrFNS. The van der Waals surface area contributed by atoms with E-state index in [1.54, 1.807) is 12.1 Å². The summed E-state index contributed by atoms with van der Waals surface area (Å²) in [5.41, 5.74) is 0. The third-order valence-corrected chi connectivity index (χ3v) is 2.76. The van der Waals surface area contributed by atoms with Gasteiger partial charge >= 0.3 is 0 Å². The van der Waals surface area contributed by atoms with E-state index in [4.69, 9.17) is 0 Å². The summed E-state index contributed by atoms with van der Waals surface area (Å²) >= 11 is 4.62. The molecule has 0 unspecified atom stereocenters. The molecule has 66 valence electrons. The number of nitrogens with one attached hydrogen (secondary N) is 1. The number of hydrogen-bond acceptors (Lipinski definition) is 2. The average molecular weight is 250 g/mol. The molecule has 0 aliphatic carbocycles. The lowest BCUT2D eigenvalue weighted by Crippen LogP contribution is -1.99. The van der Waals surface area contributed by atoms with Crippen LogP contribution in [0.25, 0.3) is 0 Å². The first-order valence-corrected chi connectivity index (χ1v) is 5.19. The Labute approximate surface area is 84.0 Å². The highest BCUT2D eigenvalue weighted by Crippen LogP contribution is 2.22. The van der Waals surface area contributed by atoms with Crippen LogP contribution in [0.1, 0.15) is 6.92 Å². The molecule has 0 aliphatic heterocycles. The fourth-order valence-corrected chi connectivity index (χ4v) is 1.85. The van der Waals surface area contributed by atoms with E-state index in [1.165, 1.54) is 18.0 Å². The van der Waals surface area contributed by atoms with Crippen LogP contribution >= 0.6 is 27.9 Å². The molecule has 1 aromatic carbocycles. The maximum atomic E-state index is 12.7. The zero-order chi connectivity index (χ0) is 8.97. The van der Waals surface area contributed by atoms with E-state index >= 15 is 0 Å². The SMILES string of the molecule is CCNSc1ccc(F)c(Br)c1. The number of rotatable bonds is 3. The van der Waals surface area contributed by atoms with Crippen molar-refractivity contribution < 1.29 is 4.39 Å². The van der Waals surface area contributed by atoms with E-state index in [2.05, 4.69) is 20.7 Å². The Kier molecular flexibility index (Phi) is 4.05. The highest BCUT2D eigenvalue weighted by molar-refractivity contribution is 9.10. The molecule has 0 radical (unpaired) electrons. The maximum absolute atomic E-state index is 12.7. The molecule has 1 rings (SSSR count). The van der Waals surface area contributed by atoms with Crippen LogP contribution in [0.3, 0.4) is 0 Å². The van der Waals surface area contributed by atoms with Gasteiger partial charge in [-0.1, -0.05) is 6.92 Å². The van der Waals surface area contributed by atoms with Gasteiger partial charge in [-0.05, 0) is 46.1 Å². The van der Waals surface area contributed by atoms with Gasteiger partial charge < -0.3 is 0 Å². The Morgan fingerprint density at radius 2 is 2.33 bits per heavy atom. The topological polar surface area (TPSA) is 12.0 Å². The fourth-order valence-electron chi connectivity index (χ4n) is 0.696. The van der Waals surface area contributed by atoms with Crippen LogP contribution in [-0.4, -0.2) is 6.54 Å². The highest BCUT2D eigenvalue weighted by atomic mass is 79.9. The molecule has 0 saturated heterocycles. The van der Waals surface area contributed by atoms with Crippen LogP contribution in [0.5, 0.6) is 0 Å². The highest BCUT2D eigenvalue weighted by Gasteiger charge is 1.99. The second-order valence-corrected chi connectivity index (χ2v) is 3.99. The Morgan fingerprint density at radius 3 is 2.92 bits per heavy atom. The summed E-state index contributed by atoms with van der Waals surface area (Å²) in [4.78, 5) is 1.00. The Morgan fingerprint density at radius 1 is 1.58 bits per heavy atom. The molecule has 1 aromatic rings. The van der Waals surface area contributed by atoms with Crippen LogP contribution in [0, 0.1) is 5.82 Å². The molecule has 0 atom stereocenters. The summed E-state index contributed by atoms with van der Waals surface area (Å²) < 4.78 is 16.3. The third-order valence-electron chi connectivity index (χ3n) is 1.23. The van der Waals surface area contributed by atoms with Crippen LogP contribution in [0.2, 0.25) is 0 Å². The molecule has 0 heterocycles. The van der Waals surface area contributed by atoms with E-state index in [1.807, 2.05) is 6.92 Å². The molecule has 0 spiro atoms. The fraction of sp³-hybridized carbons (Fsp3) is 0.250. The Bertz CT molecular complexity index is 267. The van der Waals surface area contributed by atoms with Crippen molar-refractivity contribution in [2.75, 3.05) is 6.54 Å². The number of hydrogen-bond donors (Lipinski definition) is 1. The van der Waals surface area contributed by atoms with Crippen LogP contribution < -0.4 is 4.72 Å². The maximum Gasteiger partial charge on any atom is 0.137 e. The summed E-state index contributed by atoms with van der Waals surface area (Å²) in [5.74, 6) is -0.226. The number of benzene rings is 1. The lowest BCUT2D eigenvalue weighted by Gasteiger charge is -2.01. The van der Waals surface area contributed by atoms with Crippen molar-refractivity contribution in [1.82, 2.24) is 4.72 Å². The first kappa shape index (κ1) is 10.0.